The molecule has 0 bridgehead atoms. The summed E-state index contributed by atoms with van der Waals surface area (Å²) in [4.78, 5) is 14.3. The van der Waals surface area contributed by atoms with Gasteiger partial charge in [-0.3, -0.25) is 4.79 Å². The predicted molar refractivity (Wildman–Crippen MR) is 79.7 cm³/mol. The van der Waals surface area contributed by atoms with Crippen molar-refractivity contribution in [1.29, 1.82) is 0 Å². The number of amides is 1. The normalized spacial score (nSPS) is 26.6. The van der Waals surface area contributed by atoms with Crippen molar-refractivity contribution in [3.8, 4) is 0 Å². The zero-order valence-electron chi connectivity index (χ0n) is 9.95. The molecule has 6 heteroatoms. The predicted octanol–water partition coefficient (Wildman–Crippen LogP) is 2.76. The van der Waals surface area contributed by atoms with Crippen molar-refractivity contribution in [1.82, 2.24) is 10.2 Å². The molecule has 1 atom stereocenters. The van der Waals surface area contributed by atoms with Gasteiger partial charge in [0.2, 0.25) is 0 Å². The summed E-state index contributed by atoms with van der Waals surface area (Å²) in [5.74, 6) is 0.190. The lowest BCUT2D eigenvalue weighted by molar-refractivity contribution is 0.0776. The molecule has 100 valence electrons. The molecule has 3 nitrogen and oxygen atoms in total. The Hall–Kier alpha value is -0.100. The van der Waals surface area contributed by atoms with Crippen LogP contribution in [0, 0.1) is 5.41 Å². The topological polar surface area (TPSA) is 32.3 Å². The summed E-state index contributed by atoms with van der Waals surface area (Å²) in [7, 11) is 0. The van der Waals surface area contributed by atoms with Crippen molar-refractivity contribution in [2.75, 3.05) is 26.2 Å². The van der Waals surface area contributed by atoms with Gasteiger partial charge >= 0.3 is 0 Å². The van der Waals surface area contributed by atoms with Crippen molar-refractivity contribution in [2.24, 2.45) is 5.41 Å². The summed E-state index contributed by atoms with van der Waals surface area (Å²) in [5, 5.41) is 5.35. The Labute approximate surface area is 125 Å². The molecule has 3 heterocycles. The molecular weight excluding hydrogens is 336 g/mol. The number of hydrogen-bond donors (Lipinski definition) is 1. The first kappa shape index (κ1) is 14.3. The fraction of sp³-hybridized carbons (Fsp3) is 0.583. The number of nitrogens with zero attached hydrogens (tertiary/aromatic N) is 1. The van der Waals surface area contributed by atoms with Gasteiger partial charge in [-0.05, 0) is 41.4 Å². The zero-order valence-corrected chi connectivity index (χ0v) is 13.2. The Morgan fingerprint density at radius 2 is 2.33 bits per heavy atom. The standard InChI is InChI=1S/C12H15BrN2OS.ClH/c13-10-5-9(6-17-10)11(16)15-4-2-12(8-15)1-3-14-7-12;/h5-6,14H,1-4,7-8H2;1H. The second kappa shape index (κ2) is 5.49. The molecule has 2 saturated heterocycles. The molecule has 1 aromatic rings. The summed E-state index contributed by atoms with van der Waals surface area (Å²) in [6, 6.07) is 1.92. The van der Waals surface area contributed by atoms with Crippen LogP contribution in [0.25, 0.3) is 0 Å². The highest BCUT2D eigenvalue weighted by Gasteiger charge is 2.41. The van der Waals surface area contributed by atoms with Gasteiger partial charge in [-0.25, -0.2) is 0 Å². The van der Waals surface area contributed by atoms with Crippen LogP contribution in [0.3, 0.4) is 0 Å². The number of likely N-dealkylation sites (tertiary alicyclic amines) is 1. The fourth-order valence-electron chi connectivity index (χ4n) is 2.86. The molecule has 1 spiro atoms. The molecule has 18 heavy (non-hydrogen) atoms. The lowest BCUT2D eigenvalue weighted by Gasteiger charge is -2.22. The van der Waals surface area contributed by atoms with E-state index in [4.69, 9.17) is 0 Å². The lowest BCUT2D eigenvalue weighted by atomic mass is 9.86. The molecule has 1 unspecified atom stereocenters. The van der Waals surface area contributed by atoms with Crippen LogP contribution < -0.4 is 5.32 Å². The number of hydrogen-bond acceptors (Lipinski definition) is 3. The Kier molecular flexibility index (Phi) is 4.36. The molecule has 1 amide bonds. The van der Waals surface area contributed by atoms with Gasteiger partial charge in [0, 0.05) is 30.4 Å². The average Bonchev–Trinajstić information content (AvgIpc) is 3.02. The Morgan fingerprint density at radius 1 is 1.50 bits per heavy atom. The molecule has 1 aromatic heterocycles. The van der Waals surface area contributed by atoms with E-state index in [1.807, 2.05) is 16.3 Å². The van der Waals surface area contributed by atoms with Crippen LogP contribution in [-0.4, -0.2) is 37.0 Å². The molecule has 2 aliphatic rings. The monoisotopic (exact) mass is 350 g/mol. The van der Waals surface area contributed by atoms with Crippen LogP contribution in [0.15, 0.2) is 15.2 Å². The largest absolute Gasteiger partial charge is 0.338 e. The van der Waals surface area contributed by atoms with E-state index in [2.05, 4.69) is 21.2 Å². The van der Waals surface area contributed by atoms with E-state index in [1.165, 1.54) is 6.42 Å². The number of halogens is 2. The van der Waals surface area contributed by atoms with Gasteiger partial charge in [0.25, 0.3) is 5.91 Å². The third kappa shape index (κ3) is 2.59. The van der Waals surface area contributed by atoms with Gasteiger partial charge in [0.1, 0.15) is 0 Å². The van der Waals surface area contributed by atoms with Crippen LogP contribution in [-0.2, 0) is 0 Å². The maximum Gasteiger partial charge on any atom is 0.254 e. The van der Waals surface area contributed by atoms with E-state index in [0.717, 1.165) is 41.9 Å². The summed E-state index contributed by atoms with van der Waals surface area (Å²) < 4.78 is 1.03. The van der Waals surface area contributed by atoms with Crippen molar-refractivity contribution in [2.45, 2.75) is 12.8 Å². The first-order valence-corrected chi connectivity index (χ1v) is 7.60. The molecule has 2 fully saturated rings. The summed E-state index contributed by atoms with van der Waals surface area (Å²) in [6.45, 7) is 4.01. The van der Waals surface area contributed by atoms with E-state index in [0.29, 0.717) is 5.41 Å². The molecule has 1 N–H and O–H groups in total. The highest BCUT2D eigenvalue weighted by Crippen LogP contribution is 2.36. The Morgan fingerprint density at radius 3 is 2.94 bits per heavy atom. The number of nitrogens with one attached hydrogen (secondary N) is 1. The minimum absolute atomic E-state index is 0. The molecular formula is C12H16BrClN2OS. The maximum absolute atomic E-state index is 12.3. The van der Waals surface area contributed by atoms with Gasteiger partial charge in [0.05, 0.1) is 9.35 Å². The quantitative estimate of drug-likeness (QED) is 0.844. The first-order chi connectivity index (χ1) is 8.19. The SMILES string of the molecule is Cl.O=C(c1csc(Br)c1)N1CCC2(CCNC2)C1. The molecule has 0 aliphatic carbocycles. The van der Waals surface area contributed by atoms with Gasteiger partial charge in [-0.15, -0.1) is 23.7 Å². The third-order valence-corrected chi connectivity index (χ3v) is 5.38. The van der Waals surface area contributed by atoms with E-state index < -0.39 is 0 Å². The Bertz CT molecular complexity index is 445. The number of carbonyl (C=O) groups is 1. The molecule has 0 saturated carbocycles. The van der Waals surface area contributed by atoms with E-state index >= 15 is 0 Å². The molecule has 3 rings (SSSR count). The van der Waals surface area contributed by atoms with Gasteiger partial charge in [0.15, 0.2) is 0 Å². The molecule has 0 radical (unpaired) electrons. The minimum atomic E-state index is 0. The summed E-state index contributed by atoms with van der Waals surface area (Å²) in [5.41, 5.74) is 1.19. The highest BCUT2D eigenvalue weighted by atomic mass is 79.9. The van der Waals surface area contributed by atoms with Crippen LogP contribution >= 0.6 is 39.7 Å². The number of rotatable bonds is 1. The Balaban J connectivity index is 0.00000120. The number of carbonyl (C=O) groups excluding carboxylic acids is 1. The van der Waals surface area contributed by atoms with E-state index in [9.17, 15) is 4.79 Å². The maximum atomic E-state index is 12.3. The van der Waals surface area contributed by atoms with Gasteiger partial charge < -0.3 is 10.2 Å². The van der Waals surface area contributed by atoms with Crippen molar-refractivity contribution in [3.63, 3.8) is 0 Å². The zero-order chi connectivity index (χ0) is 11.9. The summed E-state index contributed by atoms with van der Waals surface area (Å²) in [6.07, 6.45) is 2.36. The van der Waals surface area contributed by atoms with Gasteiger partial charge in [-0.2, -0.15) is 0 Å². The van der Waals surface area contributed by atoms with Crippen LogP contribution in [0.5, 0.6) is 0 Å². The van der Waals surface area contributed by atoms with Crippen LogP contribution in [0.4, 0.5) is 0 Å². The minimum Gasteiger partial charge on any atom is -0.338 e. The molecule has 0 aromatic carbocycles. The van der Waals surface area contributed by atoms with Gasteiger partial charge in [-0.1, -0.05) is 0 Å². The van der Waals surface area contributed by atoms with E-state index in [1.54, 1.807) is 11.3 Å². The van der Waals surface area contributed by atoms with Crippen molar-refractivity contribution in [3.05, 3.63) is 20.8 Å². The molecule has 2 aliphatic heterocycles. The average molecular weight is 352 g/mol. The van der Waals surface area contributed by atoms with E-state index in [-0.39, 0.29) is 18.3 Å². The summed E-state index contributed by atoms with van der Waals surface area (Å²) >= 11 is 4.98. The fourth-order valence-corrected chi connectivity index (χ4v) is 3.99. The van der Waals surface area contributed by atoms with Crippen molar-refractivity contribution < 1.29 is 4.79 Å². The van der Waals surface area contributed by atoms with Crippen molar-refractivity contribution >= 4 is 45.6 Å². The third-order valence-electron chi connectivity index (χ3n) is 3.87. The number of thiophene rings is 1. The van der Waals surface area contributed by atoms with Crippen LogP contribution in [0.1, 0.15) is 23.2 Å². The highest BCUT2D eigenvalue weighted by molar-refractivity contribution is 9.11. The lowest BCUT2D eigenvalue weighted by Crippen LogP contribution is -2.33. The van der Waals surface area contributed by atoms with Crippen LogP contribution in [0.2, 0.25) is 0 Å². The second-order valence-electron chi connectivity index (χ2n) is 5.04. The second-order valence-corrected chi connectivity index (χ2v) is 7.33. The first-order valence-electron chi connectivity index (χ1n) is 5.93. The smallest absolute Gasteiger partial charge is 0.254 e.